The maximum atomic E-state index is 11.5. The standard InChI is InChI=1S/C15H18N2O3/c1-16(2)14(18)7-4-9-17-10-8-11-12(15(19)20)5-3-6-13(11)17/h3,5-6,8,10H,4,7,9H2,1-2H3,(H,19,20). The van der Waals surface area contributed by atoms with E-state index in [-0.39, 0.29) is 5.91 Å². The van der Waals surface area contributed by atoms with Crippen LogP contribution in [0.5, 0.6) is 0 Å². The molecule has 0 aliphatic carbocycles. The van der Waals surface area contributed by atoms with Crippen LogP contribution < -0.4 is 0 Å². The van der Waals surface area contributed by atoms with Crippen molar-refractivity contribution in [3.8, 4) is 0 Å². The number of aromatic carboxylic acids is 1. The van der Waals surface area contributed by atoms with Gasteiger partial charge in [0, 0.05) is 44.2 Å². The Kier molecular flexibility index (Phi) is 4.08. The fraction of sp³-hybridized carbons (Fsp3) is 0.333. The number of amides is 1. The van der Waals surface area contributed by atoms with Crippen molar-refractivity contribution in [2.24, 2.45) is 0 Å². The van der Waals surface area contributed by atoms with Gasteiger partial charge < -0.3 is 14.6 Å². The van der Waals surface area contributed by atoms with Crippen molar-refractivity contribution in [3.63, 3.8) is 0 Å². The number of nitrogens with zero attached hydrogens (tertiary/aromatic N) is 2. The molecule has 0 spiro atoms. The second kappa shape index (κ2) is 5.77. The number of carbonyl (C=O) groups excluding carboxylic acids is 1. The van der Waals surface area contributed by atoms with Gasteiger partial charge in [-0.3, -0.25) is 4.79 Å². The summed E-state index contributed by atoms with van der Waals surface area (Å²) in [5.41, 5.74) is 1.20. The quantitative estimate of drug-likeness (QED) is 0.909. The molecule has 2 aromatic rings. The SMILES string of the molecule is CN(C)C(=O)CCCn1ccc2c(C(=O)O)cccc21. The van der Waals surface area contributed by atoms with Gasteiger partial charge in [0.2, 0.25) is 5.91 Å². The van der Waals surface area contributed by atoms with E-state index in [1.165, 1.54) is 0 Å². The number of aromatic nitrogens is 1. The van der Waals surface area contributed by atoms with Crippen LogP contribution in [0.1, 0.15) is 23.2 Å². The van der Waals surface area contributed by atoms with Crippen LogP contribution in [0, 0.1) is 0 Å². The second-order valence-electron chi connectivity index (χ2n) is 4.94. The smallest absolute Gasteiger partial charge is 0.336 e. The molecule has 0 unspecified atom stereocenters. The van der Waals surface area contributed by atoms with Gasteiger partial charge in [-0.2, -0.15) is 0 Å². The van der Waals surface area contributed by atoms with Crippen molar-refractivity contribution in [2.75, 3.05) is 14.1 Å². The Balaban J connectivity index is 2.14. The first kappa shape index (κ1) is 14.1. The summed E-state index contributed by atoms with van der Waals surface area (Å²) in [5.74, 6) is -0.816. The van der Waals surface area contributed by atoms with E-state index in [9.17, 15) is 9.59 Å². The molecule has 1 heterocycles. The van der Waals surface area contributed by atoms with Crippen LogP contribution in [-0.4, -0.2) is 40.5 Å². The number of carboxylic acid groups (broad SMARTS) is 1. The minimum absolute atomic E-state index is 0.104. The van der Waals surface area contributed by atoms with Crippen molar-refractivity contribution >= 4 is 22.8 Å². The van der Waals surface area contributed by atoms with Gasteiger partial charge in [0.05, 0.1) is 5.56 Å². The molecule has 0 aliphatic heterocycles. The van der Waals surface area contributed by atoms with Gasteiger partial charge >= 0.3 is 5.97 Å². The van der Waals surface area contributed by atoms with E-state index in [1.807, 2.05) is 22.9 Å². The van der Waals surface area contributed by atoms with E-state index >= 15 is 0 Å². The number of benzene rings is 1. The molecule has 1 amide bonds. The lowest BCUT2D eigenvalue weighted by molar-refractivity contribution is -0.128. The Bertz CT molecular complexity index is 644. The van der Waals surface area contributed by atoms with Crippen LogP contribution in [0.25, 0.3) is 10.9 Å². The van der Waals surface area contributed by atoms with Gasteiger partial charge in [0.15, 0.2) is 0 Å². The minimum Gasteiger partial charge on any atom is -0.478 e. The Hall–Kier alpha value is -2.30. The molecule has 0 saturated carbocycles. The van der Waals surface area contributed by atoms with Gasteiger partial charge in [-0.1, -0.05) is 6.07 Å². The van der Waals surface area contributed by atoms with Crippen molar-refractivity contribution in [2.45, 2.75) is 19.4 Å². The third-order valence-corrected chi connectivity index (χ3v) is 3.33. The maximum Gasteiger partial charge on any atom is 0.336 e. The summed E-state index contributed by atoms with van der Waals surface area (Å²) >= 11 is 0. The summed E-state index contributed by atoms with van der Waals surface area (Å²) in [6, 6.07) is 7.06. The third kappa shape index (κ3) is 2.82. The number of aryl methyl sites for hydroxylation is 1. The van der Waals surface area contributed by atoms with E-state index in [0.29, 0.717) is 18.5 Å². The number of fused-ring (bicyclic) bond motifs is 1. The van der Waals surface area contributed by atoms with Crippen LogP contribution in [0.2, 0.25) is 0 Å². The van der Waals surface area contributed by atoms with Gasteiger partial charge in [-0.05, 0) is 24.6 Å². The van der Waals surface area contributed by atoms with Crippen LogP contribution >= 0.6 is 0 Å². The van der Waals surface area contributed by atoms with E-state index in [2.05, 4.69) is 0 Å². The molecule has 0 aliphatic rings. The summed E-state index contributed by atoms with van der Waals surface area (Å²) in [7, 11) is 3.49. The van der Waals surface area contributed by atoms with Crippen LogP contribution in [0.4, 0.5) is 0 Å². The molecule has 106 valence electrons. The van der Waals surface area contributed by atoms with E-state index in [1.54, 1.807) is 31.1 Å². The highest BCUT2D eigenvalue weighted by atomic mass is 16.4. The van der Waals surface area contributed by atoms with E-state index in [0.717, 1.165) is 17.3 Å². The molecule has 2 rings (SSSR count). The molecule has 0 atom stereocenters. The van der Waals surface area contributed by atoms with Gasteiger partial charge in [-0.15, -0.1) is 0 Å². The first-order chi connectivity index (χ1) is 9.50. The summed E-state index contributed by atoms with van der Waals surface area (Å²) in [6.07, 6.45) is 3.10. The minimum atomic E-state index is -0.920. The van der Waals surface area contributed by atoms with Gasteiger partial charge in [0.25, 0.3) is 0 Å². The Labute approximate surface area is 117 Å². The Morgan fingerprint density at radius 1 is 1.25 bits per heavy atom. The monoisotopic (exact) mass is 274 g/mol. The van der Waals surface area contributed by atoms with Gasteiger partial charge in [-0.25, -0.2) is 4.79 Å². The zero-order valence-electron chi connectivity index (χ0n) is 11.7. The number of hydrogen-bond acceptors (Lipinski definition) is 2. The van der Waals surface area contributed by atoms with Crippen LogP contribution in [-0.2, 0) is 11.3 Å². The predicted molar refractivity (Wildman–Crippen MR) is 76.8 cm³/mol. The lowest BCUT2D eigenvalue weighted by Crippen LogP contribution is -2.21. The average Bonchev–Trinajstić information content (AvgIpc) is 2.81. The molecule has 5 heteroatoms. The molecule has 1 aromatic carbocycles. The fourth-order valence-corrected chi connectivity index (χ4v) is 2.23. The Morgan fingerprint density at radius 3 is 2.65 bits per heavy atom. The van der Waals surface area contributed by atoms with Gasteiger partial charge in [0.1, 0.15) is 0 Å². The summed E-state index contributed by atoms with van der Waals surface area (Å²) < 4.78 is 1.99. The zero-order chi connectivity index (χ0) is 14.7. The lowest BCUT2D eigenvalue weighted by Gasteiger charge is -2.10. The van der Waals surface area contributed by atoms with E-state index in [4.69, 9.17) is 5.11 Å². The maximum absolute atomic E-state index is 11.5. The van der Waals surface area contributed by atoms with Crippen molar-refractivity contribution in [3.05, 3.63) is 36.0 Å². The molecular formula is C15H18N2O3. The van der Waals surface area contributed by atoms with Crippen molar-refractivity contribution in [1.29, 1.82) is 0 Å². The van der Waals surface area contributed by atoms with Crippen LogP contribution in [0.3, 0.4) is 0 Å². The zero-order valence-corrected chi connectivity index (χ0v) is 11.7. The normalized spacial score (nSPS) is 10.7. The fourth-order valence-electron chi connectivity index (χ4n) is 2.23. The molecular weight excluding hydrogens is 256 g/mol. The number of hydrogen-bond donors (Lipinski definition) is 1. The first-order valence-electron chi connectivity index (χ1n) is 6.52. The molecule has 1 aromatic heterocycles. The van der Waals surface area contributed by atoms with Crippen molar-refractivity contribution < 1.29 is 14.7 Å². The molecule has 0 bridgehead atoms. The number of rotatable bonds is 5. The first-order valence-corrected chi connectivity index (χ1v) is 6.52. The highest BCUT2D eigenvalue weighted by Crippen LogP contribution is 2.20. The summed E-state index contributed by atoms with van der Waals surface area (Å²) in [6.45, 7) is 0.701. The molecule has 5 nitrogen and oxygen atoms in total. The van der Waals surface area contributed by atoms with Crippen LogP contribution in [0.15, 0.2) is 30.5 Å². The predicted octanol–water partition coefficient (Wildman–Crippen LogP) is 2.21. The summed E-state index contributed by atoms with van der Waals surface area (Å²) in [5, 5.41) is 9.88. The molecule has 0 fully saturated rings. The second-order valence-corrected chi connectivity index (χ2v) is 4.94. The molecule has 0 saturated heterocycles. The molecule has 1 N–H and O–H groups in total. The summed E-state index contributed by atoms with van der Waals surface area (Å²) in [4.78, 5) is 24.2. The lowest BCUT2D eigenvalue weighted by atomic mass is 10.1. The number of carbonyl (C=O) groups is 2. The van der Waals surface area contributed by atoms with E-state index < -0.39 is 5.97 Å². The average molecular weight is 274 g/mol. The number of carboxylic acids is 1. The highest BCUT2D eigenvalue weighted by Gasteiger charge is 2.11. The largest absolute Gasteiger partial charge is 0.478 e. The topological polar surface area (TPSA) is 62.5 Å². The Morgan fingerprint density at radius 2 is 2.00 bits per heavy atom. The molecule has 20 heavy (non-hydrogen) atoms. The molecule has 0 radical (unpaired) electrons. The highest BCUT2D eigenvalue weighted by molar-refractivity contribution is 6.02. The van der Waals surface area contributed by atoms with Crippen molar-refractivity contribution in [1.82, 2.24) is 9.47 Å². The third-order valence-electron chi connectivity index (χ3n) is 3.33.